The molecule has 0 aromatic rings. The van der Waals surface area contributed by atoms with Crippen molar-refractivity contribution < 1.29 is 4.79 Å². The minimum Gasteiger partial charge on any atom is -0.342 e. The standard InChI is InChI=1S/C10H20N2O/c1-8(2)9(13)12-5-4-10(3,6-11)7-12/h8H,4-7,11H2,1-3H3. The quantitative estimate of drug-likeness (QED) is 0.691. The van der Waals surface area contributed by atoms with Crippen LogP contribution in [0, 0.1) is 11.3 Å². The van der Waals surface area contributed by atoms with Gasteiger partial charge in [0, 0.05) is 19.0 Å². The van der Waals surface area contributed by atoms with Gasteiger partial charge in [-0.15, -0.1) is 0 Å². The molecule has 0 bridgehead atoms. The second-order valence-electron chi connectivity index (χ2n) is 4.68. The van der Waals surface area contributed by atoms with Gasteiger partial charge in [0.05, 0.1) is 0 Å². The lowest BCUT2D eigenvalue weighted by Gasteiger charge is -2.23. The van der Waals surface area contributed by atoms with Crippen LogP contribution in [0.25, 0.3) is 0 Å². The molecule has 1 rings (SSSR count). The van der Waals surface area contributed by atoms with E-state index in [9.17, 15) is 4.79 Å². The summed E-state index contributed by atoms with van der Waals surface area (Å²) in [4.78, 5) is 13.6. The van der Waals surface area contributed by atoms with Crippen LogP contribution in [0.1, 0.15) is 27.2 Å². The Kier molecular flexibility index (Phi) is 2.96. The lowest BCUT2D eigenvalue weighted by molar-refractivity contribution is -0.133. The first-order chi connectivity index (χ1) is 5.98. The lowest BCUT2D eigenvalue weighted by Crippen LogP contribution is -2.36. The van der Waals surface area contributed by atoms with Crippen LogP contribution in [-0.4, -0.2) is 30.4 Å². The molecular formula is C10H20N2O. The number of nitrogens with two attached hydrogens (primary N) is 1. The number of rotatable bonds is 2. The molecule has 1 unspecified atom stereocenters. The van der Waals surface area contributed by atoms with E-state index in [4.69, 9.17) is 5.73 Å². The normalized spacial score (nSPS) is 28.5. The Morgan fingerprint density at radius 2 is 2.23 bits per heavy atom. The summed E-state index contributed by atoms with van der Waals surface area (Å²) in [5.74, 6) is 0.372. The molecule has 1 heterocycles. The predicted molar refractivity (Wildman–Crippen MR) is 53.2 cm³/mol. The third kappa shape index (κ3) is 2.21. The summed E-state index contributed by atoms with van der Waals surface area (Å²) in [7, 11) is 0. The van der Waals surface area contributed by atoms with Gasteiger partial charge in [0.25, 0.3) is 0 Å². The first kappa shape index (κ1) is 10.5. The van der Waals surface area contributed by atoms with Crippen molar-refractivity contribution in [3.8, 4) is 0 Å². The molecule has 13 heavy (non-hydrogen) atoms. The summed E-state index contributed by atoms with van der Waals surface area (Å²) in [6.45, 7) is 8.43. The van der Waals surface area contributed by atoms with E-state index in [-0.39, 0.29) is 17.2 Å². The molecular weight excluding hydrogens is 164 g/mol. The second-order valence-corrected chi connectivity index (χ2v) is 4.68. The van der Waals surface area contributed by atoms with Gasteiger partial charge in [-0.05, 0) is 18.4 Å². The van der Waals surface area contributed by atoms with Gasteiger partial charge in [0.1, 0.15) is 0 Å². The van der Waals surface area contributed by atoms with E-state index in [1.165, 1.54) is 0 Å². The molecule has 0 radical (unpaired) electrons. The van der Waals surface area contributed by atoms with Crippen molar-refractivity contribution in [2.45, 2.75) is 27.2 Å². The fraction of sp³-hybridized carbons (Fsp3) is 0.900. The topological polar surface area (TPSA) is 46.3 Å². The Morgan fingerprint density at radius 1 is 1.62 bits per heavy atom. The SMILES string of the molecule is CC(C)C(=O)N1CCC(C)(CN)C1. The number of hydrogen-bond acceptors (Lipinski definition) is 2. The number of carbonyl (C=O) groups excluding carboxylic acids is 1. The zero-order chi connectivity index (χ0) is 10.1. The summed E-state index contributed by atoms with van der Waals surface area (Å²) in [5.41, 5.74) is 5.83. The molecule has 0 saturated carbocycles. The molecule has 1 aliphatic heterocycles. The van der Waals surface area contributed by atoms with Crippen molar-refractivity contribution in [2.75, 3.05) is 19.6 Å². The van der Waals surface area contributed by atoms with E-state index in [2.05, 4.69) is 6.92 Å². The number of likely N-dealkylation sites (tertiary alicyclic amines) is 1. The first-order valence-corrected chi connectivity index (χ1v) is 4.97. The molecule has 2 N–H and O–H groups in total. The zero-order valence-corrected chi connectivity index (χ0v) is 8.84. The van der Waals surface area contributed by atoms with Gasteiger partial charge in [-0.25, -0.2) is 0 Å². The van der Waals surface area contributed by atoms with Crippen molar-refractivity contribution >= 4 is 5.91 Å². The van der Waals surface area contributed by atoms with Crippen LogP contribution in [0.3, 0.4) is 0 Å². The van der Waals surface area contributed by atoms with Crippen molar-refractivity contribution in [3.05, 3.63) is 0 Å². The smallest absolute Gasteiger partial charge is 0.225 e. The molecule has 1 fully saturated rings. The number of amides is 1. The van der Waals surface area contributed by atoms with Crippen LogP contribution in [0.15, 0.2) is 0 Å². The number of hydrogen-bond donors (Lipinski definition) is 1. The van der Waals surface area contributed by atoms with Gasteiger partial charge in [-0.3, -0.25) is 4.79 Å². The molecule has 1 saturated heterocycles. The van der Waals surface area contributed by atoms with E-state index in [1.807, 2.05) is 18.7 Å². The molecule has 3 heteroatoms. The van der Waals surface area contributed by atoms with Gasteiger partial charge in [0.2, 0.25) is 5.91 Å². The van der Waals surface area contributed by atoms with E-state index in [0.29, 0.717) is 6.54 Å². The summed E-state index contributed by atoms with van der Waals surface area (Å²) >= 11 is 0. The predicted octanol–water partition coefficient (Wildman–Crippen LogP) is 0.840. The maximum Gasteiger partial charge on any atom is 0.225 e. The summed E-state index contributed by atoms with van der Waals surface area (Å²) < 4.78 is 0. The van der Waals surface area contributed by atoms with Crippen LogP contribution in [0.5, 0.6) is 0 Å². The van der Waals surface area contributed by atoms with Gasteiger partial charge >= 0.3 is 0 Å². The van der Waals surface area contributed by atoms with Crippen molar-refractivity contribution in [1.29, 1.82) is 0 Å². The summed E-state index contributed by atoms with van der Waals surface area (Å²) in [6.07, 6.45) is 1.04. The average Bonchev–Trinajstić information content (AvgIpc) is 2.47. The van der Waals surface area contributed by atoms with Gasteiger partial charge in [-0.2, -0.15) is 0 Å². The molecule has 0 aromatic carbocycles. The van der Waals surface area contributed by atoms with Crippen LogP contribution in [-0.2, 0) is 4.79 Å². The van der Waals surface area contributed by atoms with Crippen molar-refractivity contribution in [1.82, 2.24) is 4.90 Å². The summed E-state index contributed by atoms with van der Waals surface area (Å²) in [5, 5.41) is 0. The lowest BCUT2D eigenvalue weighted by atomic mass is 9.90. The van der Waals surface area contributed by atoms with Crippen LogP contribution >= 0.6 is 0 Å². The monoisotopic (exact) mass is 184 g/mol. The van der Waals surface area contributed by atoms with Crippen molar-refractivity contribution in [2.24, 2.45) is 17.1 Å². The number of nitrogens with zero attached hydrogens (tertiary/aromatic N) is 1. The Morgan fingerprint density at radius 3 is 2.62 bits per heavy atom. The molecule has 76 valence electrons. The molecule has 1 atom stereocenters. The van der Waals surface area contributed by atoms with E-state index < -0.39 is 0 Å². The molecule has 0 aromatic heterocycles. The third-order valence-electron chi connectivity index (χ3n) is 2.86. The minimum absolute atomic E-state index is 0.111. The van der Waals surface area contributed by atoms with Crippen LogP contribution in [0.4, 0.5) is 0 Å². The Hall–Kier alpha value is -0.570. The first-order valence-electron chi connectivity index (χ1n) is 4.97. The average molecular weight is 184 g/mol. The Bertz CT molecular complexity index is 203. The Balaban J connectivity index is 2.55. The van der Waals surface area contributed by atoms with Gasteiger partial charge in [0.15, 0.2) is 0 Å². The zero-order valence-electron chi connectivity index (χ0n) is 8.84. The van der Waals surface area contributed by atoms with E-state index >= 15 is 0 Å². The summed E-state index contributed by atoms with van der Waals surface area (Å²) in [6, 6.07) is 0. The molecule has 1 amide bonds. The minimum atomic E-state index is 0.111. The van der Waals surface area contributed by atoms with Crippen LogP contribution in [0.2, 0.25) is 0 Å². The fourth-order valence-electron chi connectivity index (χ4n) is 1.74. The molecule has 3 nitrogen and oxygen atoms in total. The largest absolute Gasteiger partial charge is 0.342 e. The molecule has 1 aliphatic rings. The number of carbonyl (C=O) groups is 1. The molecule has 0 spiro atoms. The highest BCUT2D eigenvalue weighted by Crippen LogP contribution is 2.29. The van der Waals surface area contributed by atoms with Crippen molar-refractivity contribution in [3.63, 3.8) is 0 Å². The van der Waals surface area contributed by atoms with E-state index in [0.717, 1.165) is 19.5 Å². The van der Waals surface area contributed by atoms with E-state index in [1.54, 1.807) is 0 Å². The van der Waals surface area contributed by atoms with Gasteiger partial charge in [-0.1, -0.05) is 20.8 Å². The molecule has 0 aliphatic carbocycles. The third-order valence-corrected chi connectivity index (χ3v) is 2.86. The maximum absolute atomic E-state index is 11.6. The Labute approximate surface area is 80.3 Å². The van der Waals surface area contributed by atoms with Gasteiger partial charge < -0.3 is 10.6 Å². The maximum atomic E-state index is 11.6. The van der Waals surface area contributed by atoms with Crippen LogP contribution < -0.4 is 5.73 Å². The second kappa shape index (κ2) is 3.66. The highest BCUT2D eigenvalue weighted by molar-refractivity contribution is 5.78. The highest BCUT2D eigenvalue weighted by atomic mass is 16.2. The highest BCUT2D eigenvalue weighted by Gasteiger charge is 2.35. The fourth-order valence-corrected chi connectivity index (χ4v) is 1.74.